The van der Waals surface area contributed by atoms with E-state index in [0.717, 1.165) is 23.4 Å². The van der Waals surface area contributed by atoms with Gasteiger partial charge in [-0.15, -0.1) is 0 Å². The zero-order valence-corrected chi connectivity index (χ0v) is 12.4. The Morgan fingerprint density at radius 1 is 1.05 bits per heavy atom. The predicted octanol–water partition coefficient (Wildman–Crippen LogP) is 4.49. The summed E-state index contributed by atoms with van der Waals surface area (Å²) in [7, 11) is 0. The summed E-state index contributed by atoms with van der Waals surface area (Å²) in [6.45, 7) is 3.26. The SMILES string of the molecule is CCCCCCCCn1cc(-c2cccc(N)c2)cn1. The normalized spacial score (nSPS) is 10.8. The molecule has 20 heavy (non-hydrogen) atoms. The van der Waals surface area contributed by atoms with Crippen molar-refractivity contribution >= 4 is 5.69 Å². The van der Waals surface area contributed by atoms with Crippen LogP contribution in [0.25, 0.3) is 11.1 Å². The minimum Gasteiger partial charge on any atom is -0.399 e. The van der Waals surface area contributed by atoms with E-state index in [1.807, 2.05) is 29.1 Å². The predicted molar refractivity (Wildman–Crippen MR) is 85.5 cm³/mol. The average molecular weight is 271 g/mol. The molecule has 0 spiro atoms. The van der Waals surface area contributed by atoms with Crippen LogP contribution in [0.1, 0.15) is 45.4 Å². The van der Waals surface area contributed by atoms with Crippen molar-refractivity contribution in [2.45, 2.75) is 52.0 Å². The van der Waals surface area contributed by atoms with E-state index in [-0.39, 0.29) is 0 Å². The monoisotopic (exact) mass is 271 g/mol. The second kappa shape index (κ2) is 7.73. The van der Waals surface area contributed by atoms with E-state index in [4.69, 9.17) is 5.73 Å². The van der Waals surface area contributed by atoms with Crippen LogP contribution in [0.2, 0.25) is 0 Å². The molecule has 2 rings (SSSR count). The fourth-order valence-corrected chi connectivity index (χ4v) is 2.41. The molecule has 2 N–H and O–H groups in total. The van der Waals surface area contributed by atoms with Crippen LogP contribution in [0.4, 0.5) is 5.69 Å². The van der Waals surface area contributed by atoms with Gasteiger partial charge in [0.2, 0.25) is 0 Å². The summed E-state index contributed by atoms with van der Waals surface area (Å²) in [4.78, 5) is 0. The third-order valence-corrected chi connectivity index (χ3v) is 3.59. The number of benzene rings is 1. The molecule has 0 amide bonds. The van der Waals surface area contributed by atoms with Crippen molar-refractivity contribution in [1.29, 1.82) is 0 Å². The van der Waals surface area contributed by atoms with Crippen molar-refractivity contribution in [1.82, 2.24) is 9.78 Å². The van der Waals surface area contributed by atoms with Gasteiger partial charge in [0, 0.05) is 24.0 Å². The van der Waals surface area contributed by atoms with E-state index in [2.05, 4.69) is 24.3 Å². The lowest BCUT2D eigenvalue weighted by molar-refractivity contribution is 0.527. The summed E-state index contributed by atoms with van der Waals surface area (Å²) in [6.07, 6.45) is 11.9. The fraction of sp³-hybridized carbons (Fsp3) is 0.471. The fourth-order valence-electron chi connectivity index (χ4n) is 2.41. The average Bonchev–Trinajstić information content (AvgIpc) is 2.91. The van der Waals surface area contributed by atoms with E-state index in [1.165, 1.54) is 38.5 Å². The third kappa shape index (κ3) is 4.41. The highest BCUT2D eigenvalue weighted by Crippen LogP contribution is 2.20. The van der Waals surface area contributed by atoms with Gasteiger partial charge in [0.05, 0.1) is 6.20 Å². The smallest absolute Gasteiger partial charge is 0.0568 e. The summed E-state index contributed by atoms with van der Waals surface area (Å²) < 4.78 is 2.04. The summed E-state index contributed by atoms with van der Waals surface area (Å²) >= 11 is 0. The standard InChI is InChI=1S/C17H25N3/c1-2-3-4-5-6-7-11-20-14-16(13-19-20)15-9-8-10-17(18)12-15/h8-10,12-14H,2-7,11,18H2,1H3. The highest BCUT2D eigenvalue weighted by Gasteiger charge is 2.02. The van der Waals surface area contributed by atoms with Crippen LogP contribution in [0.5, 0.6) is 0 Å². The molecule has 108 valence electrons. The topological polar surface area (TPSA) is 43.8 Å². The maximum atomic E-state index is 5.81. The maximum Gasteiger partial charge on any atom is 0.0568 e. The van der Waals surface area contributed by atoms with Crippen LogP contribution in [0.15, 0.2) is 36.7 Å². The maximum absolute atomic E-state index is 5.81. The molecule has 0 saturated carbocycles. The molecule has 0 radical (unpaired) electrons. The number of nitrogens with two attached hydrogens (primary N) is 1. The largest absolute Gasteiger partial charge is 0.399 e. The number of rotatable bonds is 8. The van der Waals surface area contributed by atoms with Crippen LogP contribution < -0.4 is 5.73 Å². The number of anilines is 1. The number of aromatic nitrogens is 2. The molecule has 1 aromatic carbocycles. The number of hydrogen-bond acceptors (Lipinski definition) is 2. The van der Waals surface area contributed by atoms with Crippen molar-refractivity contribution in [3.63, 3.8) is 0 Å². The summed E-state index contributed by atoms with van der Waals surface area (Å²) in [5.41, 5.74) is 8.89. The number of hydrogen-bond donors (Lipinski definition) is 1. The first-order valence-corrected chi connectivity index (χ1v) is 7.68. The zero-order chi connectivity index (χ0) is 14.2. The number of unbranched alkanes of at least 4 members (excludes halogenated alkanes) is 5. The van der Waals surface area contributed by atoms with E-state index < -0.39 is 0 Å². The molecule has 3 nitrogen and oxygen atoms in total. The van der Waals surface area contributed by atoms with Gasteiger partial charge in [0.25, 0.3) is 0 Å². The van der Waals surface area contributed by atoms with Crippen molar-refractivity contribution in [2.75, 3.05) is 5.73 Å². The van der Waals surface area contributed by atoms with Gasteiger partial charge in [0.1, 0.15) is 0 Å². The Morgan fingerprint density at radius 2 is 1.85 bits per heavy atom. The summed E-state index contributed by atoms with van der Waals surface area (Å²) in [5, 5.41) is 4.43. The Kier molecular flexibility index (Phi) is 5.66. The molecule has 0 bridgehead atoms. The van der Waals surface area contributed by atoms with Gasteiger partial charge in [-0.05, 0) is 24.1 Å². The molecule has 0 atom stereocenters. The lowest BCUT2D eigenvalue weighted by atomic mass is 10.1. The Bertz CT molecular complexity index is 516. The minimum absolute atomic E-state index is 0.797. The van der Waals surface area contributed by atoms with Gasteiger partial charge >= 0.3 is 0 Å². The Hall–Kier alpha value is -1.77. The summed E-state index contributed by atoms with van der Waals surface area (Å²) in [5.74, 6) is 0. The first kappa shape index (κ1) is 14.6. The first-order valence-electron chi connectivity index (χ1n) is 7.68. The minimum atomic E-state index is 0.797. The zero-order valence-electron chi connectivity index (χ0n) is 12.4. The molecule has 0 fully saturated rings. The molecule has 1 aromatic heterocycles. The van der Waals surface area contributed by atoms with Crippen molar-refractivity contribution in [2.24, 2.45) is 0 Å². The molecule has 1 heterocycles. The van der Waals surface area contributed by atoms with Crippen LogP contribution in [0.3, 0.4) is 0 Å². The van der Waals surface area contributed by atoms with Gasteiger partial charge in [-0.2, -0.15) is 5.10 Å². The highest BCUT2D eigenvalue weighted by molar-refractivity contribution is 5.65. The second-order valence-corrected chi connectivity index (χ2v) is 5.39. The lowest BCUT2D eigenvalue weighted by Gasteiger charge is -2.02. The van der Waals surface area contributed by atoms with Crippen LogP contribution in [0, 0.1) is 0 Å². The first-order chi connectivity index (χ1) is 9.79. The number of nitrogen functional groups attached to an aromatic ring is 1. The second-order valence-electron chi connectivity index (χ2n) is 5.39. The van der Waals surface area contributed by atoms with Crippen LogP contribution in [-0.4, -0.2) is 9.78 Å². The molecular weight excluding hydrogens is 246 g/mol. The quantitative estimate of drug-likeness (QED) is 0.567. The highest BCUT2D eigenvalue weighted by atomic mass is 15.3. The van der Waals surface area contributed by atoms with Crippen molar-refractivity contribution in [3.05, 3.63) is 36.7 Å². The summed E-state index contributed by atoms with van der Waals surface area (Å²) in [6, 6.07) is 7.95. The molecular formula is C17H25N3. The molecule has 0 aliphatic carbocycles. The van der Waals surface area contributed by atoms with E-state index in [1.54, 1.807) is 0 Å². The number of aryl methyl sites for hydroxylation is 1. The molecule has 2 aromatic rings. The van der Waals surface area contributed by atoms with Crippen molar-refractivity contribution < 1.29 is 0 Å². The van der Waals surface area contributed by atoms with Crippen LogP contribution in [-0.2, 0) is 6.54 Å². The number of nitrogens with zero attached hydrogens (tertiary/aromatic N) is 2. The van der Waals surface area contributed by atoms with Gasteiger partial charge in [-0.3, -0.25) is 4.68 Å². The Morgan fingerprint density at radius 3 is 2.65 bits per heavy atom. The van der Waals surface area contributed by atoms with E-state index in [0.29, 0.717) is 0 Å². The molecule has 0 aliphatic rings. The lowest BCUT2D eigenvalue weighted by Crippen LogP contribution is -1.97. The Balaban J connectivity index is 1.80. The van der Waals surface area contributed by atoms with Gasteiger partial charge in [-0.1, -0.05) is 51.2 Å². The van der Waals surface area contributed by atoms with Gasteiger partial charge in [0.15, 0.2) is 0 Å². The van der Waals surface area contributed by atoms with Gasteiger partial charge in [-0.25, -0.2) is 0 Å². The van der Waals surface area contributed by atoms with Gasteiger partial charge < -0.3 is 5.73 Å². The van der Waals surface area contributed by atoms with Crippen LogP contribution >= 0.6 is 0 Å². The van der Waals surface area contributed by atoms with Crippen molar-refractivity contribution in [3.8, 4) is 11.1 Å². The molecule has 3 heteroatoms. The third-order valence-electron chi connectivity index (χ3n) is 3.59. The molecule has 0 aliphatic heterocycles. The molecule has 0 unspecified atom stereocenters. The van der Waals surface area contributed by atoms with E-state index >= 15 is 0 Å². The Labute approximate surface area is 121 Å². The van der Waals surface area contributed by atoms with E-state index in [9.17, 15) is 0 Å². The molecule has 0 saturated heterocycles.